The van der Waals surface area contributed by atoms with Crippen molar-refractivity contribution in [2.45, 2.75) is 13.8 Å². The molecule has 0 aliphatic carbocycles. The molecule has 0 aliphatic rings. The van der Waals surface area contributed by atoms with Crippen LogP contribution in [0.1, 0.15) is 11.4 Å². The van der Waals surface area contributed by atoms with Gasteiger partial charge in [0.2, 0.25) is 0 Å². The molecule has 6 heteroatoms. The summed E-state index contributed by atoms with van der Waals surface area (Å²) in [7, 11) is 1.75. The van der Waals surface area contributed by atoms with E-state index in [0.29, 0.717) is 23.1 Å². The van der Waals surface area contributed by atoms with Crippen molar-refractivity contribution in [2.24, 2.45) is 0 Å². The second-order valence-electron chi connectivity index (χ2n) is 4.13. The quantitative estimate of drug-likeness (QED) is 0.894. The van der Waals surface area contributed by atoms with Crippen LogP contribution in [0.25, 0.3) is 0 Å². The van der Waals surface area contributed by atoms with Crippen LogP contribution < -0.4 is 10.6 Å². The van der Waals surface area contributed by atoms with Crippen LogP contribution in [0, 0.1) is 25.5 Å². The van der Waals surface area contributed by atoms with Crippen LogP contribution in [-0.2, 0) is 0 Å². The minimum atomic E-state index is -0.639. The maximum absolute atomic E-state index is 13.1. The van der Waals surface area contributed by atoms with Gasteiger partial charge in [-0.25, -0.2) is 18.7 Å². The van der Waals surface area contributed by atoms with Crippen molar-refractivity contribution in [1.29, 1.82) is 0 Å². The number of rotatable bonds is 3. The van der Waals surface area contributed by atoms with Gasteiger partial charge >= 0.3 is 0 Å². The maximum atomic E-state index is 13.1. The van der Waals surface area contributed by atoms with Crippen molar-refractivity contribution < 1.29 is 8.78 Å². The Morgan fingerprint density at radius 2 is 1.53 bits per heavy atom. The van der Waals surface area contributed by atoms with Crippen molar-refractivity contribution in [3.05, 3.63) is 41.2 Å². The number of aryl methyl sites for hydroxylation is 1. The zero-order valence-corrected chi connectivity index (χ0v) is 10.9. The van der Waals surface area contributed by atoms with Gasteiger partial charge in [-0.15, -0.1) is 0 Å². The Bertz CT molecular complexity index is 594. The number of hydrogen-bond acceptors (Lipinski definition) is 4. The fourth-order valence-corrected chi connectivity index (χ4v) is 1.76. The van der Waals surface area contributed by atoms with E-state index in [1.165, 1.54) is 12.1 Å². The lowest BCUT2D eigenvalue weighted by atomic mass is 10.2. The van der Waals surface area contributed by atoms with Crippen molar-refractivity contribution in [3.8, 4) is 0 Å². The Morgan fingerprint density at radius 1 is 0.947 bits per heavy atom. The van der Waals surface area contributed by atoms with Gasteiger partial charge in [-0.05, 0) is 26.0 Å². The van der Waals surface area contributed by atoms with Gasteiger partial charge in [0.1, 0.15) is 29.1 Å². The molecule has 4 nitrogen and oxygen atoms in total. The molecule has 0 atom stereocenters. The zero-order valence-electron chi connectivity index (χ0n) is 10.9. The molecule has 0 saturated heterocycles. The Hall–Kier alpha value is -2.24. The molecule has 1 aromatic carbocycles. The number of hydrogen-bond donors (Lipinski definition) is 2. The summed E-state index contributed by atoms with van der Waals surface area (Å²) in [6.45, 7) is 3.57. The third-order valence-electron chi connectivity index (χ3n) is 2.62. The Morgan fingerprint density at radius 3 is 2.11 bits per heavy atom. The summed E-state index contributed by atoms with van der Waals surface area (Å²) in [5.41, 5.74) is 1.08. The van der Waals surface area contributed by atoms with E-state index in [0.717, 1.165) is 11.6 Å². The van der Waals surface area contributed by atoms with E-state index in [4.69, 9.17) is 0 Å². The van der Waals surface area contributed by atoms with E-state index in [1.807, 2.05) is 6.92 Å². The molecule has 1 heterocycles. The molecule has 0 aliphatic heterocycles. The fraction of sp³-hybridized carbons (Fsp3) is 0.231. The number of aromatic nitrogens is 2. The molecule has 0 saturated carbocycles. The van der Waals surface area contributed by atoms with E-state index in [2.05, 4.69) is 20.6 Å². The van der Waals surface area contributed by atoms with Crippen LogP contribution in [0.5, 0.6) is 0 Å². The highest BCUT2D eigenvalue weighted by Gasteiger charge is 2.09. The molecule has 0 amide bonds. The predicted octanol–water partition coefficient (Wildman–Crippen LogP) is 3.16. The fourth-order valence-electron chi connectivity index (χ4n) is 1.76. The van der Waals surface area contributed by atoms with E-state index in [-0.39, 0.29) is 0 Å². The van der Waals surface area contributed by atoms with Gasteiger partial charge in [-0.2, -0.15) is 0 Å². The first-order chi connectivity index (χ1) is 8.99. The lowest BCUT2D eigenvalue weighted by molar-refractivity contribution is 0.584. The predicted molar refractivity (Wildman–Crippen MR) is 70.7 cm³/mol. The van der Waals surface area contributed by atoms with Crippen LogP contribution in [0.2, 0.25) is 0 Å². The molecule has 0 fully saturated rings. The molecular weight excluding hydrogens is 250 g/mol. The number of nitrogens with zero attached hydrogens (tertiary/aromatic N) is 2. The number of anilines is 3. The topological polar surface area (TPSA) is 49.8 Å². The molecule has 100 valence electrons. The SMILES string of the molecule is CNc1nc(C)nc(Nc2cc(F)cc(F)c2)c1C. The third-order valence-corrected chi connectivity index (χ3v) is 2.62. The second-order valence-corrected chi connectivity index (χ2v) is 4.13. The number of benzene rings is 1. The second kappa shape index (κ2) is 5.17. The zero-order chi connectivity index (χ0) is 14.0. The first kappa shape index (κ1) is 13.2. The van der Waals surface area contributed by atoms with Gasteiger partial charge in [0, 0.05) is 24.4 Å². The lowest BCUT2D eigenvalue weighted by Crippen LogP contribution is -2.05. The maximum Gasteiger partial charge on any atom is 0.139 e. The van der Waals surface area contributed by atoms with Gasteiger partial charge in [0.05, 0.1) is 0 Å². The van der Waals surface area contributed by atoms with Gasteiger partial charge in [-0.3, -0.25) is 0 Å². The summed E-state index contributed by atoms with van der Waals surface area (Å²) in [4.78, 5) is 8.45. The number of halogens is 2. The van der Waals surface area contributed by atoms with Crippen LogP contribution >= 0.6 is 0 Å². The summed E-state index contributed by atoms with van der Waals surface area (Å²) in [6.07, 6.45) is 0. The van der Waals surface area contributed by atoms with Gasteiger partial charge < -0.3 is 10.6 Å². The molecule has 0 radical (unpaired) electrons. The molecule has 2 rings (SSSR count). The lowest BCUT2D eigenvalue weighted by Gasteiger charge is -2.12. The van der Waals surface area contributed by atoms with E-state index in [1.54, 1.807) is 14.0 Å². The average molecular weight is 264 g/mol. The minimum absolute atomic E-state index is 0.306. The number of nitrogens with one attached hydrogen (secondary N) is 2. The smallest absolute Gasteiger partial charge is 0.139 e. The summed E-state index contributed by atoms with van der Waals surface area (Å²) >= 11 is 0. The van der Waals surface area contributed by atoms with Crippen molar-refractivity contribution in [3.63, 3.8) is 0 Å². The van der Waals surface area contributed by atoms with Crippen LogP contribution in [0.3, 0.4) is 0 Å². The highest BCUT2D eigenvalue weighted by Crippen LogP contribution is 2.24. The molecular formula is C13H14F2N4. The van der Waals surface area contributed by atoms with Crippen molar-refractivity contribution in [2.75, 3.05) is 17.7 Å². The summed E-state index contributed by atoms with van der Waals surface area (Å²) in [5, 5.41) is 5.84. The largest absolute Gasteiger partial charge is 0.373 e. The monoisotopic (exact) mass is 264 g/mol. The van der Waals surface area contributed by atoms with Gasteiger partial charge in [-0.1, -0.05) is 0 Å². The summed E-state index contributed by atoms with van der Waals surface area (Å²) in [5.74, 6) is 0.475. The molecule has 2 aromatic rings. The van der Waals surface area contributed by atoms with Crippen molar-refractivity contribution >= 4 is 17.3 Å². The molecule has 2 N–H and O–H groups in total. The van der Waals surface area contributed by atoms with Crippen LogP contribution in [-0.4, -0.2) is 17.0 Å². The van der Waals surface area contributed by atoms with Gasteiger partial charge in [0.25, 0.3) is 0 Å². The normalized spacial score (nSPS) is 10.4. The molecule has 0 spiro atoms. The van der Waals surface area contributed by atoms with E-state index >= 15 is 0 Å². The van der Waals surface area contributed by atoms with Crippen LogP contribution in [0.15, 0.2) is 18.2 Å². The van der Waals surface area contributed by atoms with Crippen LogP contribution in [0.4, 0.5) is 26.1 Å². The molecule has 1 aromatic heterocycles. The Labute approximate surface area is 109 Å². The highest BCUT2D eigenvalue weighted by atomic mass is 19.1. The minimum Gasteiger partial charge on any atom is -0.373 e. The molecule has 0 bridgehead atoms. The first-order valence-electron chi connectivity index (χ1n) is 5.75. The summed E-state index contributed by atoms with van der Waals surface area (Å²) < 4.78 is 26.3. The van der Waals surface area contributed by atoms with E-state index < -0.39 is 11.6 Å². The Balaban J connectivity index is 2.40. The third kappa shape index (κ3) is 2.96. The highest BCUT2D eigenvalue weighted by molar-refractivity contribution is 5.64. The van der Waals surface area contributed by atoms with E-state index in [9.17, 15) is 8.78 Å². The molecule has 19 heavy (non-hydrogen) atoms. The Kier molecular flexibility index (Phi) is 3.59. The standard InChI is InChI=1S/C13H14F2N4/c1-7-12(16-3)17-8(2)18-13(7)19-11-5-9(14)4-10(15)6-11/h4-6H,1-3H3,(H2,16,17,18,19). The molecule has 0 unspecified atom stereocenters. The average Bonchev–Trinajstić information content (AvgIpc) is 2.32. The summed E-state index contributed by atoms with van der Waals surface area (Å²) in [6, 6.07) is 3.24. The first-order valence-corrected chi connectivity index (χ1v) is 5.75. The van der Waals surface area contributed by atoms with Gasteiger partial charge in [0.15, 0.2) is 0 Å². The van der Waals surface area contributed by atoms with Crippen molar-refractivity contribution in [1.82, 2.24) is 9.97 Å².